The summed E-state index contributed by atoms with van der Waals surface area (Å²) in [6.07, 6.45) is 43.0. The lowest BCUT2D eigenvalue weighted by molar-refractivity contribution is -0.161. The van der Waals surface area contributed by atoms with Crippen LogP contribution in [0, 0.1) is 23.7 Å². The van der Waals surface area contributed by atoms with E-state index in [9.17, 15) is 43.2 Å². The highest BCUT2D eigenvalue weighted by atomic mass is 31.2. The first-order valence-electron chi connectivity index (χ1n) is 36.7. The summed E-state index contributed by atoms with van der Waals surface area (Å²) in [5, 5.41) is 10.6. The summed E-state index contributed by atoms with van der Waals surface area (Å²) < 4.78 is 68.3. The number of unbranched alkanes of at least 4 members (excludes halogenated alkanes) is 33. The first-order chi connectivity index (χ1) is 43.1. The number of hydrogen-bond donors (Lipinski definition) is 3. The molecular formula is C71H138O17P2. The molecule has 0 saturated carbocycles. The lowest BCUT2D eigenvalue weighted by Crippen LogP contribution is -2.30. The van der Waals surface area contributed by atoms with Crippen molar-refractivity contribution in [2.24, 2.45) is 23.7 Å². The van der Waals surface area contributed by atoms with E-state index in [0.29, 0.717) is 25.7 Å². The zero-order chi connectivity index (χ0) is 66.8. The summed E-state index contributed by atoms with van der Waals surface area (Å²) in [6.45, 7) is 14.1. The maximum atomic E-state index is 13.0. The maximum Gasteiger partial charge on any atom is 0.472 e. The highest BCUT2D eigenvalue weighted by molar-refractivity contribution is 7.47. The predicted molar refractivity (Wildman–Crippen MR) is 363 cm³/mol. The van der Waals surface area contributed by atoms with Crippen molar-refractivity contribution in [3.63, 3.8) is 0 Å². The van der Waals surface area contributed by atoms with Gasteiger partial charge in [0.2, 0.25) is 0 Å². The van der Waals surface area contributed by atoms with Crippen LogP contribution in [0.4, 0.5) is 0 Å². The fourth-order valence-electron chi connectivity index (χ4n) is 10.6. The molecule has 0 aliphatic carbocycles. The Morgan fingerprint density at radius 2 is 0.533 bits per heavy atom. The average molecular weight is 1330 g/mol. The van der Waals surface area contributed by atoms with E-state index in [-0.39, 0.29) is 25.7 Å². The smallest absolute Gasteiger partial charge is 0.462 e. The molecule has 534 valence electrons. The zero-order valence-electron chi connectivity index (χ0n) is 58.8. The van der Waals surface area contributed by atoms with Gasteiger partial charge in [-0.05, 0) is 49.4 Å². The number of esters is 4. The van der Waals surface area contributed by atoms with Crippen LogP contribution in [0.2, 0.25) is 0 Å². The largest absolute Gasteiger partial charge is 0.472 e. The highest BCUT2D eigenvalue weighted by Crippen LogP contribution is 2.45. The first kappa shape index (κ1) is 88.1. The molecule has 0 radical (unpaired) electrons. The van der Waals surface area contributed by atoms with Crippen molar-refractivity contribution < 1.29 is 80.2 Å². The molecule has 90 heavy (non-hydrogen) atoms. The molecule has 0 fully saturated rings. The summed E-state index contributed by atoms with van der Waals surface area (Å²) in [4.78, 5) is 72.6. The number of hydrogen-bond acceptors (Lipinski definition) is 15. The fourth-order valence-corrected chi connectivity index (χ4v) is 12.2. The van der Waals surface area contributed by atoms with E-state index in [4.69, 9.17) is 37.0 Å². The number of carbonyl (C=O) groups excluding carboxylic acids is 4. The Morgan fingerprint density at radius 1 is 0.311 bits per heavy atom. The Hall–Kier alpha value is -1.94. The molecule has 0 amide bonds. The molecule has 17 nitrogen and oxygen atoms in total. The quantitative estimate of drug-likeness (QED) is 0.0222. The standard InChI is InChI=1S/C71H138O17P2/c1-9-64(8)50-42-34-29-30-36-44-52-69(74)82-58-67(88-71(76)54-46-38-28-22-16-19-25-33-41-49-63(6)7)60-86-90(79,80)84-56-65(72)55-83-89(77,78)85-59-66(57-81-68(73)51-43-35-26-20-15-14-18-24-32-40-48-62(4)5)87-70(75)53-45-37-27-21-13-11-10-12-17-23-31-39-47-61(2)3/h61-67,72H,9-60H2,1-8H3,(H,77,78)(H,79,80)/t64?,65-,66-,67-/m1/s1. The minimum atomic E-state index is -4.95. The normalized spacial score (nSPS) is 14.6. The van der Waals surface area contributed by atoms with Gasteiger partial charge in [0.15, 0.2) is 12.2 Å². The van der Waals surface area contributed by atoms with Crippen LogP contribution < -0.4 is 0 Å². The van der Waals surface area contributed by atoms with Crippen LogP contribution in [0.5, 0.6) is 0 Å². The molecule has 0 bridgehead atoms. The number of ether oxygens (including phenoxy) is 4. The van der Waals surface area contributed by atoms with Crippen LogP contribution in [0.15, 0.2) is 0 Å². The minimum absolute atomic E-state index is 0.104. The molecule has 3 unspecified atom stereocenters. The Balaban J connectivity index is 5.27. The van der Waals surface area contributed by atoms with Gasteiger partial charge >= 0.3 is 39.5 Å². The minimum Gasteiger partial charge on any atom is -0.462 e. The summed E-state index contributed by atoms with van der Waals surface area (Å²) >= 11 is 0. The van der Waals surface area contributed by atoms with E-state index in [1.54, 1.807) is 0 Å². The van der Waals surface area contributed by atoms with Gasteiger partial charge in [-0.2, -0.15) is 0 Å². The van der Waals surface area contributed by atoms with Crippen molar-refractivity contribution in [1.29, 1.82) is 0 Å². The Kier molecular flexibility index (Phi) is 59.4. The van der Waals surface area contributed by atoms with Crippen molar-refractivity contribution in [2.45, 2.75) is 369 Å². The van der Waals surface area contributed by atoms with E-state index >= 15 is 0 Å². The summed E-state index contributed by atoms with van der Waals surface area (Å²) in [5.74, 6) is 0.874. The molecule has 0 aromatic carbocycles. The molecule has 0 heterocycles. The van der Waals surface area contributed by atoms with Gasteiger partial charge in [0, 0.05) is 25.7 Å². The third-order valence-corrected chi connectivity index (χ3v) is 18.6. The second-order valence-electron chi connectivity index (χ2n) is 27.3. The molecule has 0 saturated heterocycles. The van der Waals surface area contributed by atoms with Crippen molar-refractivity contribution in [3.05, 3.63) is 0 Å². The monoisotopic (exact) mass is 1320 g/mol. The van der Waals surface area contributed by atoms with Crippen LogP contribution in [-0.2, 0) is 65.4 Å². The number of aliphatic hydroxyl groups is 1. The van der Waals surface area contributed by atoms with E-state index < -0.39 is 97.5 Å². The number of aliphatic hydroxyl groups excluding tert-OH is 1. The van der Waals surface area contributed by atoms with Gasteiger partial charge in [0.05, 0.1) is 26.4 Å². The van der Waals surface area contributed by atoms with Crippen LogP contribution in [0.1, 0.15) is 351 Å². The molecule has 0 spiro atoms. The summed E-state index contributed by atoms with van der Waals surface area (Å²) in [7, 11) is -9.90. The van der Waals surface area contributed by atoms with Crippen molar-refractivity contribution >= 4 is 39.5 Å². The summed E-state index contributed by atoms with van der Waals surface area (Å²) in [6, 6.07) is 0. The topological polar surface area (TPSA) is 237 Å². The molecule has 0 aromatic heterocycles. The Labute approximate surface area is 549 Å². The van der Waals surface area contributed by atoms with Crippen molar-refractivity contribution in [2.75, 3.05) is 39.6 Å². The third-order valence-electron chi connectivity index (χ3n) is 16.7. The van der Waals surface area contributed by atoms with E-state index in [2.05, 4.69) is 55.4 Å². The molecular weight excluding hydrogens is 1190 g/mol. The van der Waals surface area contributed by atoms with Gasteiger partial charge < -0.3 is 33.8 Å². The van der Waals surface area contributed by atoms with Gasteiger partial charge in [0.25, 0.3) is 0 Å². The number of carbonyl (C=O) groups is 4. The molecule has 0 aliphatic heterocycles. The molecule has 3 N–H and O–H groups in total. The van der Waals surface area contributed by atoms with Crippen LogP contribution >= 0.6 is 15.6 Å². The van der Waals surface area contributed by atoms with Gasteiger partial charge in [-0.15, -0.1) is 0 Å². The van der Waals surface area contributed by atoms with Crippen molar-refractivity contribution in [1.82, 2.24) is 0 Å². The second-order valence-corrected chi connectivity index (χ2v) is 30.2. The molecule has 0 aromatic rings. The highest BCUT2D eigenvalue weighted by Gasteiger charge is 2.30. The van der Waals surface area contributed by atoms with Crippen molar-refractivity contribution in [3.8, 4) is 0 Å². The molecule has 19 heteroatoms. The zero-order valence-corrected chi connectivity index (χ0v) is 60.6. The van der Waals surface area contributed by atoms with Crippen LogP contribution in [-0.4, -0.2) is 96.7 Å². The average Bonchev–Trinajstić information content (AvgIpc) is 3.13. The molecule has 0 aliphatic rings. The molecule has 0 rings (SSSR count). The number of rotatable bonds is 68. The lowest BCUT2D eigenvalue weighted by Gasteiger charge is -2.21. The SMILES string of the molecule is CCC(C)CCCCCCCCC(=O)OC[C@H](COP(=O)(O)OC[C@H](O)COP(=O)(O)OC[C@@H](COC(=O)CCCCCCCCCCCCC(C)C)OC(=O)CCCCCCCCCCCCCCC(C)C)OC(=O)CCCCCCCCCCCC(C)C. The van der Waals surface area contributed by atoms with Gasteiger partial charge in [-0.3, -0.25) is 37.3 Å². The summed E-state index contributed by atoms with van der Waals surface area (Å²) in [5.41, 5.74) is 0. The van der Waals surface area contributed by atoms with Gasteiger partial charge in [-0.25, -0.2) is 9.13 Å². The predicted octanol–water partition coefficient (Wildman–Crippen LogP) is 20.1. The lowest BCUT2D eigenvalue weighted by atomic mass is 10.00. The van der Waals surface area contributed by atoms with E-state index in [1.807, 2.05) is 0 Å². The van der Waals surface area contributed by atoms with Crippen LogP contribution in [0.3, 0.4) is 0 Å². The maximum absolute atomic E-state index is 13.0. The van der Waals surface area contributed by atoms with E-state index in [0.717, 1.165) is 120 Å². The number of phosphoric acid groups is 2. The Bertz CT molecular complexity index is 1780. The fraction of sp³-hybridized carbons (Fsp3) is 0.944. The van der Waals surface area contributed by atoms with Crippen LogP contribution in [0.25, 0.3) is 0 Å². The first-order valence-corrected chi connectivity index (χ1v) is 39.7. The molecule has 6 atom stereocenters. The Morgan fingerprint density at radius 3 is 0.789 bits per heavy atom. The third kappa shape index (κ3) is 63.5. The number of phosphoric ester groups is 2. The second kappa shape index (κ2) is 60.7. The van der Waals surface area contributed by atoms with E-state index in [1.165, 1.54) is 148 Å². The van der Waals surface area contributed by atoms with Gasteiger partial charge in [0.1, 0.15) is 19.3 Å². The van der Waals surface area contributed by atoms with Gasteiger partial charge in [-0.1, -0.05) is 299 Å².